The first-order valence-corrected chi connectivity index (χ1v) is 10.1. The summed E-state index contributed by atoms with van der Waals surface area (Å²) in [4.78, 5) is 30.4. The van der Waals surface area contributed by atoms with Crippen LogP contribution in [0.3, 0.4) is 0 Å². The fraction of sp³-hybridized carbons (Fsp3) is 0.261. The lowest BCUT2D eigenvalue weighted by atomic mass is 9.75. The SMILES string of the molecule is CC1=C(C(=O)Nc2cc(C)ccn2)[C@@H](c2cccc(Cl)c2)C2=C(CCCC2=O)N1. The summed E-state index contributed by atoms with van der Waals surface area (Å²) in [6.07, 6.45) is 3.76. The van der Waals surface area contributed by atoms with Crippen molar-refractivity contribution < 1.29 is 9.59 Å². The lowest BCUT2D eigenvalue weighted by Crippen LogP contribution is -2.35. The number of anilines is 1. The second-order valence-electron chi connectivity index (χ2n) is 7.49. The first-order valence-electron chi connectivity index (χ1n) is 9.67. The van der Waals surface area contributed by atoms with Gasteiger partial charge in [-0.1, -0.05) is 23.7 Å². The summed E-state index contributed by atoms with van der Waals surface area (Å²) in [5.41, 5.74) is 4.68. The van der Waals surface area contributed by atoms with Gasteiger partial charge in [0.05, 0.1) is 0 Å². The van der Waals surface area contributed by atoms with E-state index in [1.54, 1.807) is 12.3 Å². The molecule has 0 saturated heterocycles. The standard InChI is InChI=1S/C23H22ClN3O2/c1-13-9-10-25-19(11-13)27-23(29)20-14(2)26-17-7-4-8-18(28)22(17)21(20)15-5-3-6-16(24)12-15/h3,5-6,9-12,21,26H,4,7-8H2,1-2H3,(H,25,27,29)/t21-/m1/s1. The Balaban J connectivity index is 1.79. The molecule has 2 aliphatic rings. The smallest absolute Gasteiger partial charge is 0.255 e. The van der Waals surface area contributed by atoms with Gasteiger partial charge >= 0.3 is 0 Å². The number of benzene rings is 1. The number of halogens is 1. The number of hydrogen-bond acceptors (Lipinski definition) is 4. The predicted octanol–water partition coefficient (Wildman–Crippen LogP) is 4.65. The molecule has 1 amide bonds. The van der Waals surface area contributed by atoms with Gasteiger partial charge in [0.25, 0.3) is 5.91 Å². The summed E-state index contributed by atoms with van der Waals surface area (Å²) in [6.45, 7) is 3.82. The van der Waals surface area contributed by atoms with Crippen molar-refractivity contribution in [2.24, 2.45) is 0 Å². The summed E-state index contributed by atoms with van der Waals surface area (Å²) in [5, 5.41) is 6.78. The molecule has 2 aromatic rings. The van der Waals surface area contributed by atoms with Crippen LogP contribution >= 0.6 is 11.6 Å². The van der Waals surface area contributed by atoms with Gasteiger partial charge < -0.3 is 10.6 Å². The van der Waals surface area contributed by atoms with Gasteiger partial charge in [0.15, 0.2) is 5.78 Å². The van der Waals surface area contributed by atoms with Crippen molar-refractivity contribution in [3.05, 3.63) is 81.3 Å². The van der Waals surface area contributed by atoms with E-state index in [4.69, 9.17) is 11.6 Å². The van der Waals surface area contributed by atoms with Crippen LogP contribution in [0.25, 0.3) is 0 Å². The van der Waals surface area contributed by atoms with Gasteiger partial charge in [0, 0.05) is 46.1 Å². The maximum Gasteiger partial charge on any atom is 0.255 e. The maximum absolute atomic E-state index is 13.3. The molecule has 6 heteroatoms. The van der Waals surface area contributed by atoms with Crippen LogP contribution in [0.1, 0.15) is 43.2 Å². The Morgan fingerprint density at radius 3 is 2.79 bits per heavy atom. The molecule has 148 valence electrons. The van der Waals surface area contributed by atoms with E-state index < -0.39 is 5.92 Å². The summed E-state index contributed by atoms with van der Waals surface area (Å²) in [7, 11) is 0. The molecule has 29 heavy (non-hydrogen) atoms. The second kappa shape index (κ2) is 7.84. The van der Waals surface area contributed by atoms with Crippen LogP contribution in [0.5, 0.6) is 0 Å². The third-order valence-corrected chi connectivity index (χ3v) is 5.59. The number of hydrogen-bond donors (Lipinski definition) is 2. The molecule has 1 aromatic carbocycles. The van der Waals surface area contributed by atoms with Crippen molar-refractivity contribution in [1.29, 1.82) is 0 Å². The first kappa shape index (κ1) is 19.4. The predicted molar refractivity (Wildman–Crippen MR) is 114 cm³/mol. The third-order valence-electron chi connectivity index (χ3n) is 5.36. The lowest BCUT2D eigenvalue weighted by Gasteiger charge is -2.34. The second-order valence-corrected chi connectivity index (χ2v) is 7.93. The molecule has 5 nitrogen and oxygen atoms in total. The van der Waals surface area contributed by atoms with E-state index >= 15 is 0 Å². The number of carbonyl (C=O) groups excluding carboxylic acids is 2. The van der Waals surface area contributed by atoms with Crippen LogP contribution < -0.4 is 10.6 Å². The van der Waals surface area contributed by atoms with Crippen LogP contribution in [0.15, 0.2) is 65.1 Å². The van der Waals surface area contributed by atoms with Gasteiger partial charge in [0.2, 0.25) is 0 Å². The quantitative estimate of drug-likeness (QED) is 0.776. The van der Waals surface area contributed by atoms with E-state index in [1.165, 1.54) is 0 Å². The zero-order valence-electron chi connectivity index (χ0n) is 16.4. The number of ketones is 1. The third kappa shape index (κ3) is 3.83. The lowest BCUT2D eigenvalue weighted by molar-refractivity contribution is -0.116. The molecule has 2 heterocycles. The molecule has 0 radical (unpaired) electrons. The van der Waals surface area contributed by atoms with Crippen molar-refractivity contribution in [2.75, 3.05) is 5.32 Å². The van der Waals surface area contributed by atoms with E-state index in [0.29, 0.717) is 28.4 Å². The molecule has 0 fully saturated rings. The number of nitrogens with zero attached hydrogens (tertiary/aromatic N) is 1. The summed E-state index contributed by atoms with van der Waals surface area (Å²) in [5.74, 6) is -0.171. The van der Waals surface area contributed by atoms with E-state index in [0.717, 1.165) is 35.4 Å². The highest BCUT2D eigenvalue weighted by atomic mass is 35.5. The summed E-state index contributed by atoms with van der Waals surface area (Å²) < 4.78 is 0. The number of pyridine rings is 1. The van der Waals surface area contributed by atoms with Crippen molar-refractivity contribution in [1.82, 2.24) is 10.3 Å². The minimum atomic E-state index is -0.456. The topological polar surface area (TPSA) is 71.1 Å². The zero-order chi connectivity index (χ0) is 20.5. The molecular weight excluding hydrogens is 386 g/mol. The van der Waals surface area contributed by atoms with Crippen LogP contribution in [0, 0.1) is 6.92 Å². The number of allylic oxidation sites excluding steroid dienone is 3. The molecule has 1 aliphatic carbocycles. The van der Waals surface area contributed by atoms with Gasteiger partial charge in [-0.2, -0.15) is 0 Å². The average molecular weight is 408 g/mol. The molecule has 0 saturated carbocycles. The van der Waals surface area contributed by atoms with Crippen molar-refractivity contribution >= 4 is 29.1 Å². The van der Waals surface area contributed by atoms with E-state index in [1.807, 2.05) is 44.2 Å². The van der Waals surface area contributed by atoms with Crippen LogP contribution in [0.4, 0.5) is 5.82 Å². The Morgan fingerprint density at radius 1 is 1.21 bits per heavy atom. The van der Waals surface area contributed by atoms with Crippen molar-refractivity contribution in [3.8, 4) is 0 Å². The van der Waals surface area contributed by atoms with E-state index in [2.05, 4.69) is 15.6 Å². The van der Waals surface area contributed by atoms with E-state index in [9.17, 15) is 9.59 Å². The largest absolute Gasteiger partial charge is 0.362 e. The minimum absolute atomic E-state index is 0.0789. The molecule has 0 spiro atoms. The number of carbonyl (C=O) groups is 2. The Morgan fingerprint density at radius 2 is 2.03 bits per heavy atom. The monoisotopic (exact) mass is 407 g/mol. The summed E-state index contributed by atoms with van der Waals surface area (Å²) in [6, 6.07) is 11.1. The molecule has 1 aromatic heterocycles. The first-order chi connectivity index (χ1) is 13.9. The van der Waals surface area contributed by atoms with Gasteiger partial charge in [0.1, 0.15) is 5.82 Å². The molecule has 4 rings (SSSR count). The molecule has 1 aliphatic heterocycles. The number of aromatic nitrogens is 1. The Hall–Kier alpha value is -2.92. The highest BCUT2D eigenvalue weighted by molar-refractivity contribution is 6.30. The number of amides is 1. The Labute approximate surface area is 174 Å². The highest BCUT2D eigenvalue weighted by Crippen LogP contribution is 2.42. The van der Waals surface area contributed by atoms with Crippen LogP contribution in [-0.4, -0.2) is 16.7 Å². The number of dihydropyridines is 1. The molecule has 1 atom stereocenters. The Kier molecular flexibility index (Phi) is 5.24. The normalized spacial score (nSPS) is 19.0. The van der Waals surface area contributed by atoms with Crippen LogP contribution in [0.2, 0.25) is 5.02 Å². The number of aryl methyl sites for hydroxylation is 1. The molecule has 0 unspecified atom stereocenters. The minimum Gasteiger partial charge on any atom is -0.362 e. The average Bonchev–Trinajstić information content (AvgIpc) is 2.67. The van der Waals surface area contributed by atoms with Crippen molar-refractivity contribution in [2.45, 2.75) is 39.0 Å². The molecular formula is C23H22ClN3O2. The molecule has 0 bridgehead atoms. The number of rotatable bonds is 3. The summed E-state index contributed by atoms with van der Waals surface area (Å²) >= 11 is 6.24. The van der Waals surface area contributed by atoms with Gasteiger partial charge in [-0.15, -0.1) is 0 Å². The zero-order valence-corrected chi connectivity index (χ0v) is 17.1. The van der Waals surface area contributed by atoms with Gasteiger partial charge in [-0.05, 0) is 62.1 Å². The maximum atomic E-state index is 13.3. The molecule has 2 N–H and O–H groups in total. The number of nitrogens with one attached hydrogen (secondary N) is 2. The van der Waals surface area contributed by atoms with Gasteiger partial charge in [-0.3, -0.25) is 9.59 Å². The van der Waals surface area contributed by atoms with Crippen molar-refractivity contribution in [3.63, 3.8) is 0 Å². The number of Topliss-reactive ketones (excluding diaryl/α,β-unsaturated/α-hetero) is 1. The fourth-order valence-electron chi connectivity index (χ4n) is 4.09. The Bertz CT molecular complexity index is 1070. The van der Waals surface area contributed by atoms with E-state index in [-0.39, 0.29) is 11.7 Å². The van der Waals surface area contributed by atoms with Crippen LogP contribution in [-0.2, 0) is 9.59 Å². The van der Waals surface area contributed by atoms with Gasteiger partial charge in [-0.25, -0.2) is 4.98 Å². The highest BCUT2D eigenvalue weighted by Gasteiger charge is 2.38. The fourth-order valence-corrected chi connectivity index (χ4v) is 4.29.